The van der Waals surface area contributed by atoms with E-state index in [2.05, 4.69) is 10.5 Å². The Labute approximate surface area is 116 Å². The van der Waals surface area contributed by atoms with Crippen LogP contribution in [0.2, 0.25) is 5.02 Å². The van der Waals surface area contributed by atoms with Gasteiger partial charge in [-0.15, -0.1) is 0 Å². The lowest BCUT2D eigenvalue weighted by Gasteiger charge is -2.13. The standard InChI is InChI=1S/C13H16ClN3O2/c1-7(8-2-3-8)13(18)16-11-6-9(12(15)17-19)4-5-10(11)14/h4-8,19H,2-3H2,1H3,(H2,15,17)(H,16,18). The summed E-state index contributed by atoms with van der Waals surface area (Å²) in [4.78, 5) is 12.0. The summed E-state index contributed by atoms with van der Waals surface area (Å²) in [5.74, 6) is 0.373. The maximum atomic E-state index is 12.0. The number of carbonyl (C=O) groups excluding carboxylic acids is 1. The van der Waals surface area contributed by atoms with Crippen LogP contribution < -0.4 is 11.1 Å². The van der Waals surface area contributed by atoms with Crippen LogP contribution in [0.3, 0.4) is 0 Å². The van der Waals surface area contributed by atoms with Crippen molar-refractivity contribution >= 4 is 29.0 Å². The van der Waals surface area contributed by atoms with Crippen LogP contribution in [0.25, 0.3) is 0 Å². The Kier molecular flexibility index (Phi) is 3.95. The van der Waals surface area contributed by atoms with Crippen LogP contribution in [0.15, 0.2) is 23.4 Å². The zero-order valence-corrected chi connectivity index (χ0v) is 11.3. The van der Waals surface area contributed by atoms with Crippen molar-refractivity contribution in [3.63, 3.8) is 0 Å². The molecule has 0 saturated heterocycles. The molecule has 1 atom stereocenters. The van der Waals surface area contributed by atoms with Crippen LogP contribution in [0.1, 0.15) is 25.3 Å². The zero-order chi connectivity index (χ0) is 14.0. The maximum absolute atomic E-state index is 12.0. The molecular weight excluding hydrogens is 266 g/mol. The van der Waals surface area contributed by atoms with Crippen molar-refractivity contribution in [2.45, 2.75) is 19.8 Å². The molecule has 1 aliphatic rings. The highest BCUT2D eigenvalue weighted by molar-refractivity contribution is 6.34. The summed E-state index contributed by atoms with van der Waals surface area (Å²) in [5.41, 5.74) is 6.48. The number of amides is 1. The van der Waals surface area contributed by atoms with Gasteiger partial charge in [0.05, 0.1) is 10.7 Å². The second-order valence-electron chi connectivity index (χ2n) is 4.80. The Morgan fingerprint density at radius 2 is 2.26 bits per heavy atom. The second kappa shape index (κ2) is 5.48. The number of anilines is 1. The number of amidine groups is 1. The Hall–Kier alpha value is -1.75. The fourth-order valence-electron chi connectivity index (χ4n) is 1.89. The molecular formula is C13H16ClN3O2. The van der Waals surface area contributed by atoms with E-state index in [1.54, 1.807) is 18.2 Å². The van der Waals surface area contributed by atoms with Gasteiger partial charge in [0.1, 0.15) is 0 Å². The summed E-state index contributed by atoms with van der Waals surface area (Å²) in [6.45, 7) is 1.91. The Balaban J connectivity index is 2.16. The van der Waals surface area contributed by atoms with Crippen molar-refractivity contribution in [3.05, 3.63) is 28.8 Å². The Morgan fingerprint density at radius 3 is 2.84 bits per heavy atom. The summed E-state index contributed by atoms with van der Waals surface area (Å²) < 4.78 is 0. The third kappa shape index (κ3) is 3.17. The van der Waals surface area contributed by atoms with E-state index >= 15 is 0 Å². The van der Waals surface area contributed by atoms with Gasteiger partial charge in [-0.1, -0.05) is 23.7 Å². The number of halogens is 1. The van der Waals surface area contributed by atoms with E-state index < -0.39 is 0 Å². The number of nitrogens with one attached hydrogen (secondary N) is 1. The minimum atomic E-state index is -0.0546. The molecule has 2 rings (SSSR count). The Morgan fingerprint density at radius 1 is 1.58 bits per heavy atom. The third-order valence-corrected chi connectivity index (χ3v) is 3.70. The van der Waals surface area contributed by atoms with E-state index in [4.69, 9.17) is 22.5 Å². The lowest BCUT2D eigenvalue weighted by molar-refractivity contribution is -0.119. The van der Waals surface area contributed by atoms with Gasteiger partial charge in [-0.3, -0.25) is 4.79 Å². The molecule has 19 heavy (non-hydrogen) atoms. The second-order valence-corrected chi connectivity index (χ2v) is 5.20. The van der Waals surface area contributed by atoms with E-state index in [9.17, 15) is 4.79 Å². The smallest absolute Gasteiger partial charge is 0.227 e. The van der Waals surface area contributed by atoms with Gasteiger partial charge in [0.2, 0.25) is 5.91 Å². The molecule has 1 amide bonds. The number of nitrogens with zero attached hydrogens (tertiary/aromatic N) is 1. The van der Waals surface area contributed by atoms with Crippen LogP contribution >= 0.6 is 11.6 Å². The molecule has 6 heteroatoms. The van der Waals surface area contributed by atoms with Crippen LogP contribution in [0.4, 0.5) is 5.69 Å². The highest BCUT2D eigenvalue weighted by atomic mass is 35.5. The first-order valence-electron chi connectivity index (χ1n) is 6.11. The van der Waals surface area contributed by atoms with Crippen molar-refractivity contribution < 1.29 is 10.0 Å². The molecule has 102 valence electrons. The molecule has 1 unspecified atom stereocenters. The van der Waals surface area contributed by atoms with Gasteiger partial charge >= 0.3 is 0 Å². The molecule has 0 bridgehead atoms. The number of hydrogen-bond donors (Lipinski definition) is 3. The van der Waals surface area contributed by atoms with Gasteiger partial charge in [-0.25, -0.2) is 0 Å². The lowest BCUT2D eigenvalue weighted by atomic mass is 10.1. The minimum Gasteiger partial charge on any atom is -0.409 e. The molecule has 0 radical (unpaired) electrons. The summed E-state index contributed by atoms with van der Waals surface area (Å²) in [7, 11) is 0. The number of benzene rings is 1. The van der Waals surface area contributed by atoms with E-state index in [1.165, 1.54) is 0 Å². The average Bonchev–Trinajstić information content (AvgIpc) is 3.23. The predicted octanol–water partition coefficient (Wildman–Crippen LogP) is 2.42. The van der Waals surface area contributed by atoms with Gasteiger partial charge in [0, 0.05) is 11.5 Å². The normalized spacial score (nSPS) is 17.1. The van der Waals surface area contributed by atoms with Gasteiger partial charge in [0.15, 0.2) is 5.84 Å². The first kappa shape index (κ1) is 13.7. The molecule has 1 aromatic carbocycles. The largest absolute Gasteiger partial charge is 0.409 e. The molecule has 1 aromatic rings. The van der Waals surface area contributed by atoms with Crippen LogP contribution in [0.5, 0.6) is 0 Å². The van der Waals surface area contributed by atoms with Crippen molar-refractivity contribution in [2.75, 3.05) is 5.32 Å². The predicted molar refractivity (Wildman–Crippen MR) is 74.5 cm³/mol. The maximum Gasteiger partial charge on any atom is 0.227 e. The van der Waals surface area contributed by atoms with E-state index in [1.807, 2.05) is 6.92 Å². The highest BCUT2D eigenvalue weighted by Gasteiger charge is 2.32. The lowest BCUT2D eigenvalue weighted by Crippen LogP contribution is -2.22. The summed E-state index contributed by atoms with van der Waals surface area (Å²) in [6.07, 6.45) is 2.21. The van der Waals surface area contributed by atoms with Crippen LogP contribution in [-0.4, -0.2) is 17.0 Å². The average molecular weight is 282 g/mol. The monoisotopic (exact) mass is 281 g/mol. The third-order valence-electron chi connectivity index (χ3n) is 3.37. The number of hydrogen-bond acceptors (Lipinski definition) is 3. The molecule has 0 aromatic heterocycles. The first-order valence-corrected chi connectivity index (χ1v) is 6.49. The number of nitrogens with two attached hydrogens (primary N) is 1. The zero-order valence-electron chi connectivity index (χ0n) is 10.6. The fraction of sp³-hybridized carbons (Fsp3) is 0.385. The molecule has 4 N–H and O–H groups in total. The molecule has 5 nitrogen and oxygen atoms in total. The Bertz CT molecular complexity index is 527. The van der Waals surface area contributed by atoms with E-state index in [0.29, 0.717) is 22.2 Å². The van der Waals surface area contributed by atoms with Crippen molar-refractivity contribution in [1.82, 2.24) is 0 Å². The first-order chi connectivity index (χ1) is 9.02. The molecule has 0 aliphatic heterocycles. The minimum absolute atomic E-state index is 0.0245. The SMILES string of the molecule is CC(C(=O)Nc1cc(/C(N)=N/O)ccc1Cl)C1CC1. The molecule has 0 spiro atoms. The van der Waals surface area contributed by atoms with E-state index in [0.717, 1.165) is 12.8 Å². The van der Waals surface area contributed by atoms with Crippen molar-refractivity contribution in [1.29, 1.82) is 0 Å². The molecule has 1 saturated carbocycles. The fourth-order valence-corrected chi connectivity index (χ4v) is 2.06. The quantitative estimate of drug-likeness (QED) is 0.343. The molecule has 1 fully saturated rings. The summed E-state index contributed by atoms with van der Waals surface area (Å²) >= 11 is 6.03. The van der Waals surface area contributed by atoms with Crippen molar-refractivity contribution in [3.8, 4) is 0 Å². The number of rotatable bonds is 4. The number of oxime groups is 1. The summed E-state index contributed by atoms with van der Waals surface area (Å²) in [5, 5.41) is 14.8. The van der Waals surface area contributed by atoms with Crippen LogP contribution in [-0.2, 0) is 4.79 Å². The highest BCUT2D eigenvalue weighted by Crippen LogP contribution is 2.37. The van der Waals surface area contributed by atoms with E-state index in [-0.39, 0.29) is 17.7 Å². The topological polar surface area (TPSA) is 87.7 Å². The number of carbonyl (C=O) groups is 1. The van der Waals surface area contributed by atoms with Gasteiger partial charge < -0.3 is 16.3 Å². The summed E-state index contributed by atoms with van der Waals surface area (Å²) in [6, 6.07) is 4.82. The van der Waals surface area contributed by atoms with Gasteiger partial charge in [-0.2, -0.15) is 0 Å². The van der Waals surface area contributed by atoms with Crippen LogP contribution in [0, 0.1) is 11.8 Å². The molecule has 1 aliphatic carbocycles. The van der Waals surface area contributed by atoms with Crippen molar-refractivity contribution in [2.24, 2.45) is 22.7 Å². The van der Waals surface area contributed by atoms with Gasteiger partial charge in [-0.05, 0) is 37.0 Å². The molecule has 0 heterocycles. The van der Waals surface area contributed by atoms with Gasteiger partial charge in [0.25, 0.3) is 0 Å².